The lowest BCUT2D eigenvalue weighted by Gasteiger charge is -2.08. The monoisotopic (exact) mass is 347 g/mol. The predicted molar refractivity (Wildman–Crippen MR) is 105 cm³/mol. The summed E-state index contributed by atoms with van der Waals surface area (Å²) in [6, 6.07) is 17.0. The highest BCUT2D eigenvalue weighted by Crippen LogP contribution is 2.30. The van der Waals surface area contributed by atoms with Crippen molar-refractivity contribution in [2.75, 3.05) is 6.54 Å². The van der Waals surface area contributed by atoms with Crippen molar-refractivity contribution in [1.82, 2.24) is 14.7 Å². The lowest BCUT2D eigenvalue weighted by Crippen LogP contribution is -2.14. The van der Waals surface area contributed by atoms with Gasteiger partial charge in [-0.05, 0) is 48.9 Å². The zero-order chi connectivity index (χ0) is 17.9. The van der Waals surface area contributed by atoms with Gasteiger partial charge in [-0.25, -0.2) is 4.39 Å². The second kappa shape index (κ2) is 7.26. The van der Waals surface area contributed by atoms with Gasteiger partial charge >= 0.3 is 0 Å². The second-order valence-corrected chi connectivity index (χ2v) is 6.53. The normalized spacial score (nSPS) is 11.5. The van der Waals surface area contributed by atoms with Gasteiger partial charge in [0.2, 0.25) is 0 Å². The predicted octanol–water partition coefficient (Wildman–Crippen LogP) is 5.18. The van der Waals surface area contributed by atoms with Crippen LogP contribution >= 0.6 is 0 Å². The van der Waals surface area contributed by atoms with Crippen molar-refractivity contribution in [2.24, 2.45) is 0 Å². The summed E-state index contributed by atoms with van der Waals surface area (Å²) in [7, 11) is 0. The van der Waals surface area contributed by atoms with Gasteiger partial charge in [0.05, 0.1) is 28.4 Å². The minimum absolute atomic E-state index is 0.210. The molecule has 0 aliphatic carbocycles. The molecule has 0 saturated carbocycles. The fraction of sp³-hybridized carbons (Fsp3) is 0.227. The third-order valence-corrected chi connectivity index (χ3v) is 4.74. The molecular formula is C22H22FN3. The highest BCUT2D eigenvalue weighted by molar-refractivity contribution is 5.84. The average molecular weight is 347 g/mol. The molecule has 132 valence electrons. The van der Waals surface area contributed by atoms with Crippen molar-refractivity contribution < 1.29 is 4.39 Å². The van der Waals surface area contributed by atoms with Crippen molar-refractivity contribution in [1.29, 1.82) is 0 Å². The molecule has 0 saturated heterocycles. The maximum absolute atomic E-state index is 14.5. The fourth-order valence-electron chi connectivity index (χ4n) is 3.40. The maximum atomic E-state index is 14.5. The first-order chi connectivity index (χ1) is 12.8. The molecule has 0 amide bonds. The molecule has 4 rings (SSSR count). The number of hydrogen-bond donors (Lipinski definition) is 1. The average Bonchev–Trinajstić information content (AvgIpc) is 3.04. The van der Waals surface area contributed by atoms with Crippen LogP contribution in [0.25, 0.3) is 27.8 Å². The molecule has 0 radical (unpaired) electrons. The number of nitrogens with zero attached hydrogens (tertiary/aromatic N) is 2. The maximum Gasteiger partial charge on any atom is 0.132 e. The highest BCUT2D eigenvalue weighted by atomic mass is 19.1. The lowest BCUT2D eigenvalue weighted by molar-refractivity contribution is 0.630. The standard InChI is InChI=1S/C22H22FN3/c1-2-3-12-24-14-16-13-21(17-8-4-5-9-18(17)23)26-20-11-7-6-10-19(20)25-15-22(16)26/h4-11,13,15,24H,2-3,12,14H2,1H3. The van der Waals surface area contributed by atoms with Gasteiger partial charge in [0.15, 0.2) is 0 Å². The van der Waals surface area contributed by atoms with Gasteiger partial charge in [-0.2, -0.15) is 0 Å². The number of unbranched alkanes of at least 4 members (excludes halogenated alkanes) is 1. The Balaban J connectivity index is 1.91. The number of halogens is 1. The molecule has 1 N–H and O–H groups in total. The number of nitrogens with one attached hydrogen (secondary N) is 1. The van der Waals surface area contributed by atoms with E-state index < -0.39 is 0 Å². The Morgan fingerprint density at radius 1 is 1.04 bits per heavy atom. The summed E-state index contributed by atoms with van der Waals surface area (Å²) in [5, 5.41) is 3.49. The van der Waals surface area contributed by atoms with Gasteiger partial charge < -0.3 is 9.72 Å². The van der Waals surface area contributed by atoms with Gasteiger partial charge in [-0.3, -0.25) is 4.98 Å². The molecule has 2 aromatic carbocycles. The van der Waals surface area contributed by atoms with Gasteiger partial charge in [0.1, 0.15) is 5.82 Å². The Hall–Kier alpha value is -2.72. The van der Waals surface area contributed by atoms with E-state index in [-0.39, 0.29) is 5.82 Å². The van der Waals surface area contributed by atoms with Gasteiger partial charge in [0, 0.05) is 12.1 Å². The smallest absolute Gasteiger partial charge is 0.132 e. The zero-order valence-electron chi connectivity index (χ0n) is 14.9. The summed E-state index contributed by atoms with van der Waals surface area (Å²) in [4.78, 5) is 4.60. The van der Waals surface area contributed by atoms with Crippen LogP contribution in [0.5, 0.6) is 0 Å². The van der Waals surface area contributed by atoms with Crippen molar-refractivity contribution in [2.45, 2.75) is 26.3 Å². The van der Waals surface area contributed by atoms with E-state index in [4.69, 9.17) is 0 Å². The number of hydrogen-bond acceptors (Lipinski definition) is 2. The number of aromatic nitrogens is 2. The Kier molecular flexibility index (Phi) is 4.67. The Bertz CT molecular complexity index is 1050. The van der Waals surface area contributed by atoms with Gasteiger partial charge in [-0.15, -0.1) is 0 Å². The van der Waals surface area contributed by atoms with Crippen molar-refractivity contribution in [3.05, 3.63) is 72.2 Å². The van der Waals surface area contributed by atoms with Crippen LogP contribution in [0.4, 0.5) is 4.39 Å². The SMILES string of the molecule is CCCCNCc1cc(-c2ccccc2F)n2c1cnc1ccccc12. The van der Waals surface area contributed by atoms with E-state index in [0.717, 1.165) is 53.7 Å². The molecular weight excluding hydrogens is 325 g/mol. The van der Waals surface area contributed by atoms with Crippen LogP contribution in [-0.2, 0) is 6.54 Å². The van der Waals surface area contributed by atoms with Crippen LogP contribution in [0, 0.1) is 5.82 Å². The first kappa shape index (κ1) is 16.7. The van der Waals surface area contributed by atoms with E-state index in [9.17, 15) is 4.39 Å². The minimum atomic E-state index is -0.210. The van der Waals surface area contributed by atoms with Crippen LogP contribution < -0.4 is 5.32 Å². The van der Waals surface area contributed by atoms with E-state index >= 15 is 0 Å². The lowest BCUT2D eigenvalue weighted by atomic mass is 10.1. The van der Waals surface area contributed by atoms with Gasteiger partial charge in [0.25, 0.3) is 0 Å². The van der Waals surface area contributed by atoms with E-state index in [0.29, 0.717) is 5.56 Å². The number of para-hydroxylation sites is 2. The molecule has 0 fully saturated rings. The largest absolute Gasteiger partial charge is 0.313 e. The Labute approximate surface area is 152 Å². The molecule has 0 aliphatic rings. The van der Waals surface area contributed by atoms with Crippen molar-refractivity contribution in [3.8, 4) is 11.3 Å². The summed E-state index contributed by atoms with van der Waals surface area (Å²) in [5.41, 5.74) is 5.52. The first-order valence-electron chi connectivity index (χ1n) is 9.13. The number of rotatable bonds is 6. The van der Waals surface area contributed by atoms with E-state index in [2.05, 4.69) is 27.7 Å². The van der Waals surface area contributed by atoms with Crippen molar-refractivity contribution >= 4 is 16.6 Å². The number of benzene rings is 2. The summed E-state index contributed by atoms with van der Waals surface area (Å²) in [5.74, 6) is -0.210. The first-order valence-corrected chi connectivity index (χ1v) is 9.13. The molecule has 0 spiro atoms. The summed E-state index contributed by atoms with van der Waals surface area (Å²) >= 11 is 0. The van der Waals surface area contributed by atoms with E-state index in [1.54, 1.807) is 6.07 Å². The van der Waals surface area contributed by atoms with Gasteiger partial charge in [-0.1, -0.05) is 37.6 Å². The van der Waals surface area contributed by atoms with Crippen LogP contribution in [0.2, 0.25) is 0 Å². The molecule has 2 heterocycles. The Morgan fingerprint density at radius 2 is 1.85 bits per heavy atom. The van der Waals surface area contributed by atoms with Crippen molar-refractivity contribution in [3.63, 3.8) is 0 Å². The third kappa shape index (κ3) is 2.97. The van der Waals surface area contributed by atoms with Crippen LogP contribution in [0.15, 0.2) is 60.8 Å². The zero-order valence-corrected chi connectivity index (χ0v) is 14.9. The minimum Gasteiger partial charge on any atom is -0.313 e. The molecule has 0 atom stereocenters. The van der Waals surface area contributed by atoms with E-state index in [1.165, 1.54) is 6.07 Å². The fourth-order valence-corrected chi connectivity index (χ4v) is 3.40. The molecule has 3 nitrogen and oxygen atoms in total. The molecule has 4 heteroatoms. The molecule has 4 aromatic rings. The summed E-state index contributed by atoms with van der Waals surface area (Å²) < 4.78 is 16.6. The molecule has 2 aromatic heterocycles. The quantitative estimate of drug-likeness (QED) is 0.487. The Morgan fingerprint density at radius 3 is 2.69 bits per heavy atom. The summed E-state index contributed by atoms with van der Waals surface area (Å²) in [6.07, 6.45) is 4.20. The second-order valence-electron chi connectivity index (χ2n) is 6.53. The number of fused-ring (bicyclic) bond motifs is 3. The third-order valence-electron chi connectivity index (χ3n) is 4.74. The molecule has 0 aliphatic heterocycles. The summed E-state index contributed by atoms with van der Waals surface area (Å²) in [6.45, 7) is 3.91. The highest BCUT2D eigenvalue weighted by Gasteiger charge is 2.15. The van der Waals surface area contributed by atoms with Crippen LogP contribution in [0.1, 0.15) is 25.3 Å². The topological polar surface area (TPSA) is 29.3 Å². The van der Waals surface area contributed by atoms with E-state index in [1.807, 2.05) is 42.6 Å². The molecule has 0 unspecified atom stereocenters. The molecule has 0 bridgehead atoms. The molecule has 26 heavy (non-hydrogen) atoms. The van der Waals surface area contributed by atoms with Crippen LogP contribution in [-0.4, -0.2) is 15.9 Å². The van der Waals surface area contributed by atoms with Crippen LogP contribution in [0.3, 0.4) is 0 Å².